The van der Waals surface area contributed by atoms with Crippen molar-refractivity contribution in [1.82, 2.24) is 5.32 Å². The normalized spacial score (nSPS) is 12.6. The molecule has 0 aliphatic rings. The van der Waals surface area contributed by atoms with Crippen LogP contribution < -0.4 is 19.5 Å². The summed E-state index contributed by atoms with van der Waals surface area (Å²) >= 11 is 0. The van der Waals surface area contributed by atoms with Crippen molar-refractivity contribution in [2.75, 3.05) is 14.2 Å². The second-order valence-electron chi connectivity index (χ2n) is 6.34. The summed E-state index contributed by atoms with van der Waals surface area (Å²) in [5.74, 6) is 0.0934. The highest BCUT2D eigenvalue weighted by molar-refractivity contribution is 5.82. The third-order valence-electron chi connectivity index (χ3n) is 4.18. The van der Waals surface area contributed by atoms with Gasteiger partial charge in [-0.15, -0.1) is 0 Å². The van der Waals surface area contributed by atoms with E-state index >= 15 is 0 Å². The maximum absolute atomic E-state index is 12.6. The Kier molecular flexibility index (Phi) is 7.26. The Bertz CT molecular complexity index is 835. The summed E-state index contributed by atoms with van der Waals surface area (Å²) < 4.78 is 16.2. The fourth-order valence-electron chi connectivity index (χ4n) is 2.76. The van der Waals surface area contributed by atoms with E-state index in [1.165, 1.54) is 14.2 Å². The Morgan fingerprint density at radius 2 is 1.82 bits per heavy atom. The van der Waals surface area contributed by atoms with Crippen LogP contribution in [0.2, 0.25) is 0 Å². The molecule has 2 rings (SSSR count). The zero-order valence-corrected chi connectivity index (χ0v) is 16.4. The van der Waals surface area contributed by atoms with Gasteiger partial charge in [0.15, 0.2) is 6.10 Å². The second kappa shape index (κ2) is 9.64. The Hall–Kier alpha value is -3.22. The SMILES string of the molecule is COc1ccc(C(CC(=O)O)NC(=O)C(C)Oc2cccc(C)c2)c(OC)c1. The van der Waals surface area contributed by atoms with E-state index in [1.807, 2.05) is 25.1 Å². The van der Waals surface area contributed by atoms with Crippen LogP contribution in [0.3, 0.4) is 0 Å². The lowest BCUT2D eigenvalue weighted by atomic mass is 10.0. The van der Waals surface area contributed by atoms with Gasteiger partial charge in [-0.3, -0.25) is 9.59 Å². The van der Waals surface area contributed by atoms with Crippen LogP contribution in [0.15, 0.2) is 42.5 Å². The Labute approximate surface area is 164 Å². The van der Waals surface area contributed by atoms with E-state index in [0.29, 0.717) is 22.8 Å². The van der Waals surface area contributed by atoms with E-state index in [2.05, 4.69) is 5.32 Å². The van der Waals surface area contributed by atoms with E-state index in [1.54, 1.807) is 31.2 Å². The van der Waals surface area contributed by atoms with Gasteiger partial charge in [0.1, 0.15) is 17.2 Å². The molecule has 0 radical (unpaired) electrons. The Balaban J connectivity index is 2.19. The molecule has 7 nitrogen and oxygen atoms in total. The molecular formula is C21H25NO6. The van der Waals surface area contributed by atoms with E-state index in [9.17, 15) is 14.7 Å². The van der Waals surface area contributed by atoms with Crippen LogP contribution in [0.25, 0.3) is 0 Å². The monoisotopic (exact) mass is 387 g/mol. The number of benzene rings is 2. The lowest BCUT2D eigenvalue weighted by molar-refractivity contribution is -0.138. The molecule has 7 heteroatoms. The Morgan fingerprint density at radius 1 is 1.07 bits per heavy atom. The Morgan fingerprint density at radius 3 is 2.43 bits per heavy atom. The molecule has 28 heavy (non-hydrogen) atoms. The van der Waals surface area contributed by atoms with Gasteiger partial charge in [0.25, 0.3) is 5.91 Å². The molecule has 0 saturated carbocycles. The number of amides is 1. The number of methoxy groups -OCH3 is 2. The minimum absolute atomic E-state index is 0.300. The molecule has 0 heterocycles. The maximum Gasteiger partial charge on any atom is 0.305 e. The quantitative estimate of drug-likeness (QED) is 0.687. The van der Waals surface area contributed by atoms with Crippen molar-refractivity contribution in [3.05, 3.63) is 53.6 Å². The predicted octanol–water partition coefficient (Wildman–Crippen LogP) is 3.11. The molecule has 0 saturated heterocycles. The smallest absolute Gasteiger partial charge is 0.305 e. The maximum atomic E-state index is 12.6. The summed E-state index contributed by atoms with van der Waals surface area (Å²) in [4.78, 5) is 24.0. The fraction of sp³-hybridized carbons (Fsp3) is 0.333. The first-order valence-electron chi connectivity index (χ1n) is 8.81. The number of hydrogen-bond donors (Lipinski definition) is 2. The van der Waals surface area contributed by atoms with Gasteiger partial charge < -0.3 is 24.6 Å². The van der Waals surface area contributed by atoms with Gasteiger partial charge in [0, 0.05) is 11.6 Å². The van der Waals surface area contributed by atoms with Gasteiger partial charge in [-0.05, 0) is 43.7 Å². The number of aliphatic carboxylic acids is 1. The summed E-state index contributed by atoms with van der Waals surface area (Å²) in [6.07, 6.45) is -1.10. The van der Waals surface area contributed by atoms with Crippen LogP contribution >= 0.6 is 0 Å². The molecule has 0 fully saturated rings. The van der Waals surface area contributed by atoms with E-state index < -0.39 is 24.0 Å². The molecule has 0 spiro atoms. The number of carboxylic acids is 1. The summed E-state index contributed by atoms with van der Waals surface area (Å²) in [5.41, 5.74) is 1.55. The molecular weight excluding hydrogens is 362 g/mol. The van der Waals surface area contributed by atoms with Crippen LogP contribution in [0.4, 0.5) is 0 Å². The van der Waals surface area contributed by atoms with Crippen LogP contribution in [0.5, 0.6) is 17.2 Å². The van der Waals surface area contributed by atoms with Gasteiger partial charge in [0.2, 0.25) is 0 Å². The van der Waals surface area contributed by atoms with Crippen LogP contribution in [0.1, 0.15) is 30.5 Å². The van der Waals surface area contributed by atoms with Crippen molar-refractivity contribution in [2.24, 2.45) is 0 Å². The number of ether oxygens (including phenoxy) is 3. The summed E-state index contributed by atoms with van der Waals surface area (Å²) in [6.45, 7) is 3.54. The molecule has 150 valence electrons. The molecule has 2 aromatic carbocycles. The summed E-state index contributed by atoms with van der Waals surface area (Å²) in [5, 5.41) is 12.0. The van der Waals surface area contributed by atoms with Crippen molar-refractivity contribution in [3.8, 4) is 17.2 Å². The number of carboxylic acid groups (broad SMARTS) is 1. The fourth-order valence-corrected chi connectivity index (χ4v) is 2.76. The topological polar surface area (TPSA) is 94.1 Å². The average Bonchev–Trinajstić information content (AvgIpc) is 2.66. The number of carbonyl (C=O) groups is 2. The molecule has 2 N–H and O–H groups in total. The van der Waals surface area contributed by atoms with E-state index in [0.717, 1.165) is 5.56 Å². The summed E-state index contributed by atoms with van der Waals surface area (Å²) in [6, 6.07) is 11.6. The van der Waals surface area contributed by atoms with E-state index in [4.69, 9.17) is 14.2 Å². The zero-order chi connectivity index (χ0) is 20.7. The lowest BCUT2D eigenvalue weighted by Crippen LogP contribution is -2.39. The van der Waals surface area contributed by atoms with Crippen molar-refractivity contribution in [1.29, 1.82) is 0 Å². The third-order valence-corrected chi connectivity index (χ3v) is 4.18. The molecule has 2 unspecified atom stereocenters. The standard InChI is InChI=1S/C21H25NO6/c1-13-6-5-7-16(10-13)28-14(2)21(25)22-18(12-20(23)24)17-9-8-15(26-3)11-19(17)27-4/h5-11,14,18H,12H2,1-4H3,(H,22,25)(H,23,24). The first kappa shape index (κ1) is 21.1. The average molecular weight is 387 g/mol. The number of rotatable bonds is 9. The highest BCUT2D eigenvalue weighted by Crippen LogP contribution is 2.31. The van der Waals surface area contributed by atoms with Gasteiger partial charge in [-0.1, -0.05) is 12.1 Å². The summed E-state index contributed by atoms with van der Waals surface area (Å²) in [7, 11) is 3.00. The van der Waals surface area contributed by atoms with Gasteiger partial charge >= 0.3 is 5.97 Å². The highest BCUT2D eigenvalue weighted by Gasteiger charge is 2.25. The van der Waals surface area contributed by atoms with Gasteiger partial charge in [0.05, 0.1) is 26.7 Å². The minimum atomic E-state index is -1.05. The molecule has 2 atom stereocenters. The number of hydrogen-bond acceptors (Lipinski definition) is 5. The highest BCUT2D eigenvalue weighted by atomic mass is 16.5. The first-order chi connectivity index (χ1) is 13.3. The molecule has 0 aliphatic carbocycles. The molecule has 0 aliphatic heterocycles. The van der Waals surface area contributed by atoms with Crippen LogP contribution in [-0.2, 0) is 9.59 Å². The predicted molar refractivity (Wildman–Crippen MR) is 104 cm³/mol. The minimum Gasteiger partial charge on any atom is -0.497 e. The van der Waals surface area contributed by atoms with Gasteiger partial charge in [-0.2, -0.15) is 0 Å². The molecule has 0 aromatic heterocycles. The van der Waals surface area contributed by atoms with Gasteiger partial charge in [-0.25, -0.2) is 0 Å². The number of nitrogens with one attached hydrogen (secondary N) is 1. The molecule has 0 bridgehead atoms. The number of carbonyl (C=O) groups excluding carboxylic acids is 1. The molecule has 2 aromatic rings. The zero-order valence-electron chi connectivity index (χ0n) is 16.4. The number of aryl methyl sites for hydroxylation is 1. The largest absolute Gasteiger partial charge is 0.497 e. The van der Waals surface area contributed by atoms with Crippen LogP contribution in [0, 0.1) is 6.92 Å². The van der Waals surface area contributed by atoms with Crippen molar-refractivity contribution in [3.63, 3.8) is 0 Å². The first-order valence-corrected chi connectivity index (χ1v) is 8.81. The third kappa shape index (κ3) is 5.64. The molecule has 1 amide bonds. The van der Waals surface area contributed by atoms with Crippen LogP contribution in [-0.4, -0.2) is 37.3 Å². The van der Waals surface area contributed by atoms with Crippen molar-refractivity contribution >= 4 is 11.9 Å². The van der Waals surface area contributed by atoms with Crippen molar-refractivity contribution < 1.29 is 28.9 Å². The second-order valence-corrected chi connectivity index (χ2v) is 6.34. The van der Waals surface area contributed by atoms with Crippen molar-refractivity contribution in [2.45, 2.75) is 32.4 Å². The lowest BCUT2D eigenvalue weighted by Gasteiger charge is -2.23. The van der Waals surface area contributed by atoms with E-state index in [-0.39, 0.29) is 6.42 Å².